The topological polar surface area (TPSA) is 58.1 Å². The van der Waals surface area contributed by atoms with Crippen LogP contribution in [-0.4, -0.2) is 22.4 Å². The third kappa shape index (κ3) is 3.95. The van der Waals surface area contributed by atoms with E-state index >= 15 is 0 Å². The Morgan fingerprint density at radius 3 is 2.52 bits per heavy atom. The summed E-state index contributed by atoms with van der Waals surface area (Å²) in [6.07, 6.45) is 1.39. The van der Waals surface area contributed by atoms with Crippen LogP contribution in [0.5, 0.6) is 0 Å². The van der Waals surface area contributed by atoms with Gasteiger partial charge >= 0.3 is 0 Å². The molecule has 5 nitrogen and oxygen atoms in total. The zero-order valence-corrected chi connectivity index (χ0v) is 14.4. The monoisotopic (exact) mass is 352 g/mol. The molecule has 1 amide bonds. The lowest BCUT2D eigenvalue weighted by Crippen LogP contribution is -2.20. The third-order valence-electron chi connectivity index (χ3n) is 3.67. The first-order valence-corrected chi connectivity index (χ1v) is 8.27. The van der Waals surface area contributed by atoms with Gasteiger partial charge in [-0.1, -0.05) is 41.9 Å². The van der Waals surface area contributed by atoms with Crippen molar-refractivity contribution < 1.29 is 4.79 Å². The largest absolute Gasteiger partial charge is 0.327 e. The van der Waals surface area contributed by atoms with Crippen LogP contribution in [0.2, 0.25) is 5.02 Å². The molecule has 0 aliphatic rings. The fraction of sp³-hybridized carbons (Fsp3) is 0.105. The average Bonchev–Trinajstić information content (AvgIpc) is 2.65. The van der Waals surface area contributed by atoms with E-state index in [-0.39, 0.29) is 11.6 Å². The highest BCUT2D eigenvalue weighted by molar-refractivity contribution is 6.33. The highest BCUT2D eigenvalue weighted by atomic mass is 35.5. The molecule has 0 fully saturated rings. The van der Waals surface area contributed by atoms with E-state index in [0.29, 0.717) is 23.1 Å². The lowest BCUT2D eigenvalue weighted by atomic mass is 10.2. The van der Waals surface area contributed by atoms with E-state index in [0.717, 1.165) is 5.69 Å². The van der Waals surface area contributed by atoms with Crippen molar-refractivity contribution >= 4 is 34.7 Å². The van der Waals surface area contributed by atoms with Crippen molar-refractivity contribution in [2.75, 3.05) is 16.8 Å². The molecule has 0 saturated heterocycles. The zero-order valence-electron chi connectivity index (χ0n) is 13.7. The summed E-state index contributed by atoms with van der Waals surface area (Å²) in [5, 5.41) is 3.25. The Balaban J connectivity index is 1.86. The van der Waals surface area contributed by atoms with Gasteiger partial charge in [0.2, 0.25) is 0 Å². The van der Waals surface area contributed by atoms with Crippen molar-refractivity contribution in [1.82, 2.24) is 9.97 Å². The number of carbonyl (C=O) groups is 1. The predicted octanol–water partition coefficient (Wildman–Crippen LogP) is 4.54. The number of para-hydroxylation sites is 2. The zero-order chi connectivity index (χ0) is 17.6. The number of rotatable bonds is 5. The molecule has 3 rings (SSSR count). The number of carbonyl (C=O) groups excluding carboxylic acids is 1. The molecule has 0 spiro atoms. The fourth-order valence-electron chi connectivity index (χ4n) is 2.45. The van der Waals surface area contributed by atoms with Gasteiger partial charge in [-0.25, -0.2) is 9.97 Å². The van der Waals surface area contributed by atoms with Gasteiger partial charge in [0.1, 0.15) is 17.8 Å². The molecule has 0 radical (unpaired) electrons. The second-order valence-electron chi connectivity index (χ2n) is 5.28. The minimum absolute atomic E-state index is 0.277. The van der Waals surface area contributed by atoms with Gasteiger partial charge in [-0.05, 0) is 31.2 Å². The predicted molar refractivity (Wildman–Crippen MR) is 101 cm³/mol. The van der Waals surface area contributed by atoms with Crippen LogP contribution in [0.25, 0.3) is 0 Å². The number of aromatic nitrogens is 2. The highest BCUT2D eigenvalue weighted by Gasteiger charge is 2.14. The van der Waals surface area contributed by atoms with Gasteiger partial charge < -0.3 is 10.2 Å². The third-order valence-corrected chi connectivity index (χ3v) is 4.00. The molecular weight excluding hydrogens is 336 g/mol. The minimum atomic E-state index is -0.333. The number of hydrogen-bond acceptors (Lipinski definition) is 4. The SMILES string of the molecule is CCN(c1ccccc1)c1cc(C(=O)Nc2ccccc2Cl)ncn1. The van der Waals surface area contributed by atoms with Crippen LogP contribution in [0.15, 0.2) is 67.0 Å². The maximum Gasteiger partial charge on any atom is 0.274 e. The summed E-state index contributed by atoms with van der Waals surface area (Å²) in [7, 11) is 0. The van der Waals surface area contributed by atoms with Gasteiger partial charge in [0.15, 0.2) is 0 Å². The standard InChI is InChI=1S/C19H17ClN4O/c1-2-24(14-8-4-3-5-9-14)18-12-17(21-13-22-18)19(25)23-16-11-7-6-10-15(16)20/h3-13H,2H2,1H3,(H,23,25). The quantitative estimate of drug-likeness (QED) is 0.732. The Morgan fingerprint density at radius 2 is 1.80 bits per heavy atom. The molecule has 6 heteroatoms. The summed E-state index contributed by atoms with van der Waals surface area (Å²) in [6.45, 7) is 2.74. The van der Waals surface area contributed by atoms with Crippen LogP contribution in [0.3, 0.4) is 0 Å². The highest BCUT2D eigenvalue weighted by Crippen LogP contribution is 2.24. The number of hydrogen-bond donors (Lipinski definition) is 1. The van der Waals surface area contributed by atoms with Crippen molar-refractivity contribution in [3.8, 4) is 0 Å². The summed E-state index contributed by atoms with van der Waals surface area (Å²) in [6, 6.07) is 18.6. The number of nitrogens with zero attached hydrogens (tertiary/aromatic N) is 3. The van der Waals surface area contributed by atoms with Crippen molar-refractivity contribution in [2.45, 2.75) is 6.92 Å². The summed E-state index contributed by atoms with van der Waals surface area (Å²) in [4.78, 5) is 22.9. The van der Waals surface area contributed by atoms with Gasteiger partial charge in [0.25, 0.3) is 5.91 Å². The van der Waals surface area contributed by atoms with E-state index in [2.05, 4.69) is 15.3 Å². The van der Waals surface area contributed by atoms with Gasteiger partial charge in [-0.15, -0.1) is 0 Å². The van der Waals surface area contributed by atoms with Gasteiger partial charge in [-0.2, -0.15) is 0 Å². The molecular formula is C19H17ClN4O. The molecule has 1 N–H and O–H groups in total. The lowest BCUT2D eigenvalue weighted by Gasteiger charge is -2.22. The second kappa shape index (κ2) is 7.77. The fourth-order valence-corrected chi connectivity index (χ4v) is 2.64. The Labute approximate surface area is 151 Å². The van der Waals surface area contributed by atoms with E-state index < -0.39 is 0 Å². The molecule has 3 aromatic rings. The smallest absolute Gasteiger partial charge is 0.274 e. The van der Waals surface area contributed by atoms with Crippen molar-refractivity contribution in [2.24, 2.45) is 0 Å². The van der Waals surface area contributed by atoms with Crippen molar-refractivity contribution in [1.29, 1.82) is 0 Å². The first-order chi connectivity index (χ1) is 12.2. The van der Waals surface area contributed by atoms with E-state index in [4.69, 9.17) is 11.6 Å². The molecule has 0 aliphatic heterocycles. The molecule has 0 aliphatic carbocycles. The van der Waals surface area contributed by atoms with Crippen LogP contribution >= 0.6 is 11.6 Å². The molecule has 2 aromatic carbocycles. The van der Waals surface area contributed by atoms with E-state index in [1.165, 1.54) is 6.33 Å². The average molecular weight is 353 g/mol. The number of amides is 1. The Bertz CT molecular complexity index is 870. The number of anilines is 3. The van der Waals surface area contributed by atoms with Gasteiger partial charge in [-0.3, -0.25) is 4.79 Å². The number of benzene rings is 2. The molecule has 0 unspecified atom stereocenters. The van der Waals surface area contributed by atoms with Crippen LogP contribution < -0.4 is 10.2 Å². The second-order valence-corrected chi connectivity index (χ2v) is 5.68. The normalized spacial score (nSPS) is 10.3. The summed E-state index contributed by atoms with van der Waals surface area (Å²) in [5.74, 6) is 0.328. The Morgan fingerprint density at radius 1 is 1.08 bits per heavy atom. The van der Waals surface area contributed by atoms with Crippen LogP contribution in [0.1, 0.15) is 17.4 Å². The van der Waals surface area contributed by atoms with Crippen LogP contribution in [-0.2, 0) is 0 Å². The van der Waals surface area contributed by atoms with Crippen LogP contribution in [0.4, 0.5) is 17.2 Å². The number of nitrogens with one attached hydrogen (secondary N) is 1. The summed E-state index contributed by atoms with van der Waals surface area (Å²) >= 11 is 6.08. The first-order valence-electron chi connectivity index (χ1n) is 7.89. The first kappa shape index (κ1) is 16.9. The molecule has 0 saturated carbocycles. The van der Waals surface area contributed by atoms with E-state index in [1.807, 2.05) is 42.2 Å². The maximum absolute atomic E-state index is 12.5. The van der Waals surface area contributed by atoms with E-state index in [9.17, 15) is 4.79 Å². The Hall–Kier alpha value is -2.92. The van der Waals surface area contributed by atoms with Crippen molar-refractivity contribution in [3.63, 3.8) is 0 Å². The van der Waals surface area contributed by atoms with Gasteiger partial charge in [0, 0.05) is 18.3 Å². The molecule has 126 valence electrons. The lowest BCUT2D eigenvalue weighted by molar-refractivity contribution is 0.102. The number of halogens is 1. The maximum atomic E-state index is 12.5. The van der Waals surface area contributed by atoms with Crippen LogP contribution in [0, 0.1) is 0 Å². The molecule has 1 heterocycles. The minimum Gasteiger partial charge on any atom is -0.327 e. The van der Waals surface area contributed by atoms with Crippen molar-refractivity contribution in [3.05, 3.63) is 77.7 Å². The molecule has 0 bridgehead atoms. The Kier molecular flexibility index (Phi) is 5.26. The summed E-state index contributed by atoms with van der Waals surface area (Å²) in [5.41, 5.74) is 1.82. The van der Waals surface area contributed by atoms with Gasteiger partial charge in [0.05, 0.1) is 10.7 Å². The summed E-state index contributed by atoms with van der Waals surface area (Å²) < 4.78 is 0. The molecule has 1 aromatic heterocycles. The van der Waals surface area contributed by atoms with E-state index in [1.54, 1.807) is 30.3 Å². The molecule has 25 heavy (non-hydrogen) atoms. The molecule has 0 atom stereocenters.